The Balaban J connectivity index is 2.51. The number of sulfonamides is 1. The van der Waals surface area contributed by atoms with Crippen molar-refractivity contribution in [1.82, 2.24) is 0 Å². The van der Waals surface area contributed by atoms with Crippen LogP contribution < -0.4 is 10.5 Å². The van der Waals surface area contributed by atoms with Crippen LogP contribution in [0.5, 0.6) is 0 Å². The van der Waals surface area contributed by atoms with E-state index in [1.165, 1.54) is 0 Å². The summed E-state index contributed by atoms with van der Waals surface area (Å²) in [5.74, 6) is 0. The second-order valence-electron chi connectivity index (χ2n) is 5.07. The number of hydrogen-bond acceptors (Lipinski definition) is 3. The molecule has 0 aliphatic rings. The van der Waals surface area contributed by atoms with Crippen molar-refractivity contribution in [2.24, 2.45) is 0 Å². The predicted octanol–water partition coefficient (Wildman–Crippen LogP) is 3.65. The largest absolute Gasteiger partial charge is 0.398 e. The highest BCUT2D eigenvalue weighted by atomic mass is 35.5. The van der Waals surface area contributed by atoms with Gasteiger partial charge in [0.25, 0.3) is 10.0 Å². The average molecular weight is 325 g/mol. The maximum absolute atomic E-state index is 12.6. The number of nitrogens with one attached hydrogen (secondary N) is 1. The monoisotopic (exact) mass is 324 g/mol. The number of rotatable bonds is 3. The molecule has 0 amide bonds. The van der Waals surface area contributed by atoms with Crippen molar-refractivity contribution < 1.29 is 8.42 Å². The minimum atomic E-state index is -3.74. The molecule has 0 spiro atoms. The van der Waals surface area contributed by atoms with E-state index in [-0.39, 0.29) is 4.90 Å². The highest BCUT2D eigenvalue weighted by Gasteiger charge is 2.20. The molecule has 2 rings (SSSR count). The van der Waals surface area contributed by atoms with Gasteiger partial charge in [0, 0.05) is 5.69 Å². The van der Waals surface area contributed by atoms with Crippen molar-refractivity contribution in [3.63, 3.8) is 0 Å². The van der Waals surface area contributed by atoms with Crippen molar-refractivity contribution in [1.29, 1.82) is 0 Å². The maximum Gasteiger partial charge on any atom is 0.262 e. The van der Waals surface area contributed by atoms with Gasteiger partial charge in [0.15, 0.2) is 0 Å². The quantitative estimate of drug-likeness (QED) is 0.846. The molecule has 0 aliphatic carbocycles. The summed E-state index contributed by atoms with van der Waals surface area (Å²) in [7, 11) is -3.74. The van der Waals surface area contributed by atoms with Crippen molar-refractivity contribution in [3.8, 4) is 0 Å². The molecule has 0 bridgehead atoms. The fraction of sp³-hybridized carbons (Fsp3) is 0.200. The van der Waals surface area contributed by atoms with Gasteiger partial charge in [-0.05, 0) is 61.7 Å². The lowest BCUT2D eigenvalue weighted by atomic mass is 10.1. The molecule has 0 saturated carbocycles. The highest BCUT2D eigenvalue weighted by molar-refractivity contribution is 7.92. The summed E-state index contributed by atoms with van der Waals surface area (Å²) in [5, 5.41) is 0.349. The van der Waals surface area contributed by atoms with E-state index >= 15 is 0 Å². The first-order valence-corrected chi connectivity index (χ1v) is 8.22. The van der Waals surface area contributed by atoms with E-state index in [1.807, 2.05) is 13.0 Å². The highest BCUT2D eigenvalue weighted by Crippen LogP contribution is 2.28. The van der Waals surface area contributed by atoms with Gasteiger partial charge in [-0.1, -0.05) is 17.7 Å². The third-order valence-electron chi connectivity index (χ3n) is 3.20. The molecule has 112 valence electrons. The minimum absolute atomic E-state index is 0.164. The summed E-state index contributed by atoms with van der Waals surface area (Å²) in [6.45, 7) is 5.35. The molecule has 0 unspecified atom stereocenters. The fourth-order valence-electron chi connectivity index (χ4n) is 2.05. The fourth-order valence-corrected chi connectivity index (χ4v) is 3.70. The summed E-state index contributed by atoms with van der Waals surface area (Å²) >= 11 is 6.04. The maximum atomic E-state index is 12.6. The van der Waals surface area contributed by atoms with Crippen LogP contribution in [-0.2, 0) is 10.0 Å². The molecule has 0 heterocycles. The second-order valence-corrected chi connectivity index (χ2v) is 7.12. The Morgan fingerprint density at radius 2 is 1.71 bits per heavy atom. The Morgan fingerprint density at radius 3 is 2.38 bits per heavy atom. The first-order chi connectivity index (χ1) is 9.70. The first kappa shape index (κ1) is 15.7. The minimum Gasteiger partial charge on any atom is -0.398 e. The SMILES string of the molecule is Cc1ccc(Cl)c(NS(=O)(=O)c2cc(C)cc(N)c2C)c1. The molecule has 2 aromatic carbocycles. The van der Waals surface area contributed by atoms with Gasteiger partial charge < -0.3 is 5.73 Å². The van der Waals surface area contributed by atoms with Crippen LogP contribution in [0.1, 0.15) is 16.7 Å². The molecule has 4 nitrogen and oxygen atoms in total. The van der Waals surface area contributed by atoms with Crippen LogP contribution in [0, 0.1) is 20.8 Å². The van der Waals surface area contributed by atoms with Gasteiger partial charge in [0.1, 0.15) is 0 Å². The van der Waals surface area contributed by atoms with E-state index in [9.17, 15) is 8.42 Å². The Morgan fingerprint density at radius 1 is 1.05 bits per heavy atom. The Labute approximate surface area is 130 Å². The van der Waals surface area contributed by atoms with Gasteiger partial charge in [0.2, 0.25) is 0 Å². The Kier molecular flexibility index (Phi) is 4.16. The van der Waals surface area contributed by atoms with Crippen LogP contribution in [0.2, 0.25) is 5.02 Å². The van der Waals surface area contributed by atoms with Crippen LogP contribution in [0.4, 0.5) is 11.4 Å². The molecule has 0 atom stereocenters. The van der Waals surface area contributed by atoms with Crippen molar-refractivity contribution >= 4 is 33.0 Å². The number of nitrogen functional groups attached to an aromatic ring is 1. The zero-order valence-corrected chi connectivity index (χ0v) is 13.6. The second kappa shape index (κ2) is 5.58. The van der Waals surface area contributed by atoms with Crippen LogP contribution in [0.25, 0.3) is 0 Å². The van der Waals surface area contributed by atoms with Crippen LogP contribution in [0.3, 0.4) is 0 Å². The summed E-state index contributed by atoms with van der Waals surface area (Å²) in [5.41, 5.74) is 8.88. The van der Waals surface area contributed by atoms with Gasteiger partial charge in [0.05, 0.1) is 15.6 Å². The molecule has 0 aliphatic heterocycles. The van der Waals surface area contributed by atoms with E-state index in [0.717, 1.165) is 11.1 Å². The standard InChI is InChI=1S/C15H17ClN2O2S/c1-9-4-5-12(16)14(7-9)18-21(19,20)15-8-10(2)6-13(17)11(15)3/h4-8,18H,17H2,1-3H3. The van der Waals surface area contributed by atoms with E-state index in [2.05, 4.69) is 4.72 Å². The summed E-state index contributed by atoms with van der Waals surface area (Å²) < 4.78 is 27.7. The van der Waals surface area contributed by atoms with E-state index < -0.39 is 10.0 Å². The number of hydrogen-bond donors (Lipinski definition) is 2. The number of benzene rings is 2. The normalized spacial score (nSPS) is 11.4. The number of halogens is 1. The van der Waals surface area contributed by atoms with Gasteiger partial charge in [-0.3, -0.25) is 4.72 Å². The first-order valence-electron chi connectivity index (χ1n) is 6.36. The molecule has 0 saturated heterocycles. The zero-order chi connectivity index (χ0) is 15.8. The van der Waals surface area contributed by atoms with Crippen LogP contribution in [0.15, 0.2) is 35.2 Å². The molecule has 21 heavy (non-hydrogen) atoms. The Bertz CT molecular complexity index is 802. The van der Waals surface area contributed by atoms with Crippen LogP contribution >= 0.6 is 11.6 Å². The molecule has 0 radical (unpaired) electrons. The number of nitrogens with two attached hydrogens (primary N) is 1. The number of aryl methyl sites for hydroxylation is 2. The lowest BCUT2D eigenvalue weighted by molar-refractivity contribution is 0.600. The molecular weight excluding hydrogens is 308 g/mol. The average Bonchev–Trinajstić information content (AvgIpc) is 2.37. The molecule has 0 aromatic heterocycles. The topological polar surface area (TPSA) is 72.2 Å². The van der Waals surface area contributed by atoms with Crippen molar-refractivity contribution in [2.45, 2.75) is 25.7 Å². The molecule has 6 heteroatoms. The van der Waals surface area contributed by atoms with Crippen molar-refractivity contribution in [3.05, 3.63) is 52.0 Å². The lowest BCUT2D eigenvalue weighted by Gasteiger charge is -2.14. The Hall–Kier alpha value is -1.72. The van der Waals surface area contributed by atoms with Gasteiger partial charge >= 0.3 is 0 Å². The van der Waals surface area contributed by atoms with Gasteiger partial charge in [-0.2, -0.15) is 0 Å². The molecule has 3 N–H and O–H groups in total. The van der Waals surface area contributed by atoms with E-state index in [1.54, 1.807) is 38.1 Å². The molecular formula is C15H17ClN2O2S. The van der Waals surface area contributed by atoms with Crippen LogP contribution in [-0.4, -0.2) is 8.42 Å². The summed E-state index contributed by atoms with van der Waals surface area (Å²) in [4.78, 5) is 0.164. The molecule has 2 aromatic rings. The van der Waals surface area contributed by atoms with Gasteiger partial charge in [-0.15, -0.1) is 0 Å². The summed E-state index contributed by atoms with van der Waals surface area (Å²) in [6.07, 6.45) is 0. The number of anilines is 2. The van der Waals surface area contributed by atoms with Gasteiger partial charge in [-0.25, -0.2) is 8.42 Å². The van der Waals surface area contributed by atoms with E-state index in [4.69, 9.17) is 17.3 Å². The summed E-state index contributed by atoms with van der Waals surface area (Å²) in [6, 6.07) is 8.50. The van der Waals surface area contributed by atoms with E-state index in [0.29, 0.717) is 22.0 Å². The molecule has 0 fully saturated rings. The zero-order valence-electron chi connectivity index (χ0n) is 12.1. The lowest BCUT2D eigenvalue weighted by Crippen LogP contribution is -2.15. The third kappa shape index (κ3) is 3.31. The predicted molar refractivity (Wildman–Crippen MR) is 87.3 cm³/mol. The van der Waals surface area contributed by atoms with Crippen molar-refractivity contribution in [2.75, 3.05) is 10.5 Å². The third-order valence-corrected chi connectivity index (χ3v) is 5.02. The smallest absolute Gasteiger partial charge is 0.262 e.